The third kappa shape index (κ3) is 5.48. The van der Waals surface area contributed by atoms with Crippen LogP contribution in [0.2, 0.25) is 0 Å². The van der Waals surface area contributed by atoms with Gasteiger partial charge in [0.15, 0.2) is 0 Å². The third-order valence-corrected chi connectivity index (χ3v) is 7.02. The van der Waals surface area contributed by atoms with Gasteiger partial charge in [0.05, 0.1) is 34.9 Å². The number of piperidine rings is 1. The van der Waals surface area contributed by atoms with Gasteiger partial charge in [0.25, 0.3) is 0 Å². The number of nitrogens with one attached hydrogen (secondary N) is 2. The van der Waals surface area contributed by atoms with E-state index in [-0.39, 0.29) is 29.7 Å². The molecule has 190 valence electrons. The Balaban J connectivity index is 1.58. The molecule has 2 aliphatic heterocycles. The van der Waals surface area contributed by atoms with E-state index in [0.29, 0.717) is 44.4 Å². The van der Waals surface area contributed by atoms with Crippen molar-refractivity contribution in [3.63, 3.8) is 0 Å². The fourth-order valence-electron chi connectivity index (χ4n) is 4.85. The monoisotopic (exact) mass is 500 g/mol. The predicted octanol–water partition coefficient (Wildman–Crippen LogP) is 5.73. The van der Waals surface area contributed by atoms with Gasteiger partial charge in [-0.2, -0.15) is 26.3 Å². The summed E-state index contributed by atoms with van der Waals surface area (Å²) in [5.41, 5.74) is -3.11. The maximum Gasteiger partial charge on any atom is 0.416 e. The topological polar surface area (TPSA) is 50.4 Å². The van der Waals surface area contributed by atoms with Crippen LogP contribution in [0, 0.1) is 0 Å². The molecular formula is C25H26F6N2O2. The zero-order valence-corrected chi connectivity index (χ0v) is 19.0. The van der Waals surface area contributed by atoms with Crippen LogP contribution in [0.15, 0.2) is 48.5 Å². The lowest BCUT2D eigenvalue weighted by molar-refractivity contribution is -0.143. The molecule has 0 radical (unpaired) electrons. The highest BCUT2D eigenvalue weighted by atomic mass is 19.4. The summed E-state index contributed by atoms with van der Waals surface area (Å²) in [7, 11) is 0. The van der Waals surface area contributed by atoms with Crippen LogP contribution in [0.25, 0.3) is 0 Å². The number of hydrogen-bond acceptors (Lipinski definition) is 3. The van der Waals surface area contributed by atoms with Crippen molar-refractivity contribution in [3.05, 3.63) is 70.8 Å². The molecule has 2 aliphatic rings. The van der Waals surface area contributed by atoms with Crippen LogP contribution in [0.1, 0.15) is 61.0 Å². The minimum atomic E-state index is -4.92. The molecule has 1 unspecified atom stereocenters. The number of carbonyl (C=O) groups is 1. The van der Waals surface area contributed by atoms with Crippen LogP contribution in [-0.4, -0.2) is 24.6 Å². The van der Waals surface area contributed by atoms with E-state index in [9.17, 15) is 31.1 Å². The maximum absolute atomic E-state index is 13.3. The summed E-state index contributed by atoms with van der Waals surface area (Å²) in [6.07, 6.45) is -8.49. The maximum atomic E-state index is 13.3. The molecule has 2 fully saturated rings. The number of benzene rings is 2. The molecule has 2 aromatic rings. The van der Waals surface area contributed by atoms with Crippen LogP contribution in [-0.2, 0) is 27.4 Å². The summed E-state index contributed by atoms with van der Waals surface area (Å²) in [4.78, 5) is 11.8. The molecule has 2 heterocycles. The molecule has 10 heteroatoms. The zero-order valence-electron chi connectivity index (χ0n) is 19.0. The number of hydrogen-bond donors (Lipinski definition) is 2. The molecule has 3 atom stereocenters. The Kier molecular flexibility index (Phi) is 6.65. The normalized spacial score (nSPS) is 26.1. The van der Waals surface area contributed by atoms with E-state index < -0.39 is 35.1 Å². The molecule has 1 amide bonds. The molecule has 2 aromatic carbocycles. The standard InChI is InChI=1S/C25H26F6N2O2/c1-16(17-11-19(24(26,27)28)13-20(12-17)25(29,30)31)35-15-23(18-5-3-2-4-6-18)10-9-22(14-32-23)8-7-21(34)33-22/h2-6,11-13,16,32H,7-10,14-15H2,1H3,(H,33,34)/t16?,22-,23+/m0/s1. The van der Waals surface area contributed by atoms with Gasteiger partial charge in [-0.05, 0) is 55.5 Å². The Morgan fingerprint density at radius 3 is 2.06 bits per heavy atom. The Labute approximate surface area is 199 Å². The molecular weight excluding hydrogens is 474 g/mol. The van der Waals surface area contributed by atoms with Crippen molar-refractivity contribution in [3.8, 4) is 0 Å². The summed E-state index contributed by atoms with van der Waals surface area (Å²) in [5.74, 6) is -0.00565. The van der Waals surface area contributed by atoms with Gasteiger partial charge in [-0.25, -0.2) is 0 Å². The van der Waals surface area contributed by atoms with Gasteiger partial charge in [-0.15, -0.1) is 0 Å². The zero-order chi connectivity index (χ0) is 25.5. The highest BCUT2D eigenvalue weighted by molar-refractivity contribution is 5.79. The Bertz CT molecular complexity index is 1030. The van der Waals surface area contributed by atoms with E-state index in [4.69, 9.17) is 4.74 Å². The summed E-state index contributed by atoms with van der Waals surface area (Å²) < 4.78 is 85.6. The number of rotatable bonds is 5. The van der Waals surface area contributed by atoms with Gasteiger partial charge < -0.3 is 15.4 Å². The lowest BCUT2D eigenvalue weighted by atomic mass is 9.76. The molecule has 2 saturated heterocycles. The van der Waals surface area contributed by atoms with Gasteiger partial charge in [0, 0.05) is 13.0 Å². The van der Waals surface area contributed by atoms with Crippen LogP contribution in [0.5, 0.6) is 0 Å². The van der Waals surface area contributed by atoms with Gasteiger partial charge in [-0.3, -0.25) is 4.79 Å². The molecule has 35 heavy (non-hydrogen) atoms. The summed E-state index contributed by atoms with van der Waals surface area (Å²) in [5, 5.41) is 6.52. The van der Waals surface area contributed by atoms with Crippen molar-refractivity contribution in [2.45, 2.75) is 62.1 Å². The lowest BCUT2D eigenvalue weighted by Crippen LogP contribution is -2.61. The summed E-state index contributed by atoms with van der Waals surface area (Å²) in [6.45, 7) is 1.95. The summed E-state index contributed by atoms with van der Waals surface area (Å²) in [6, 6.07) is 10.9. The van der Waals surface area contributed by atoms with Crippen molar-refractivity contribution in [2.24, 2.45) is 0 Å². The lowest BCUT2D eigenvalue weighted by Gasteiger charge is -2.46. The number of halogens is 6. The quantitative estimate of drug-likeness (QED) is 0.516. The van der Waals surface area contributed by atoms with Gasteiger partial charge in [0.2, 0.25) is 5.91 Å². The van der Waals surface area contributed by atoms with Crippen molar-refractivity contribution in [2.75, 3.05) is 13.2 Å². The first-order chi connectivity index (χ1) is 16.3. The number of carbonyl (C=O) groups excluding carboxylic acids is 1. The number of alkyl halides is 6. The van der Waals surface area contributed by atoms with Gasteiger partial charge >= 0.3 is 12.4 Å². The molecule has 0 saturated carbocycles. The second-order valence-corrected chi connectivity index (χ2v) is 9.42. The molecule has 2 N–H and O–H groups in total. The highest BCUT2D eigenvalue weighted by Gasteiger charge is 2.47. The average Bonchev–Trinajstić information content (AvgIpc) is 3.18. The summed E-state index contributed by atoms with van der Waals surface area (Å²) >= 11 is 0. The van der Waals surface area contributed by atoms with Gasteiger partial charge in [0.1, 0.15) is 0 Å². The number of amides is 1. The van der Waals surface area contributed by atoms with E-state index in [2.05, 4.69) is 10.6 Å². The third-order valence-electron chi connectivity index (χ3n) is 7.02. The van der Waals surface area contributed by atoms with E-state index in [0.717, 1.165) is 5.56 Å². The minimum absolute atomic E-state index is 0.00565. The van der Waals surface area contributed by atoms with Crippen LogP contribution < -0.4 is 10.6 Å². The van der Waals surface area contributed by atoms with Crippen molar-refractivity contribution >= 4 is 5.91 Å². The molecule has 4 rings (SSSR count). The minimum Gasteiger partial charge on any atom is -0.372 e. The molecule has 4 nitrogen and oxygen atoms in total. The van der Waals surface area contributed by atoms with Crippen LogP contribution in [0.3, 0.4) is 0 Å². The SMILES string of the molecule is CC(OC[C@@]1(c2ccccc2)CC[C@@]2(CCC(=O)N2)CN1)c1cc(C(F)(F)F)cc(C(F)(F)F)c1. The smallest absolute Gasteiger partial charge is 0.372 e. The second kappa shape index (κ2) is 9.13. The Morgan fingerprint density at radius 1 is 0.943 bits per heavy atom. The van der Waals surface area contributed by atoms with E-state index in [1.165, 1.54) is 6.92 Å². The Hall–Kier alpha value is -2.59. The fourth-order valence-corrected chi connectivity index (χ4v) is 4.85. The highest BCUT2D eigenvalue weighted by Crippen LogP contribution is 2.40. The van der Waals surface area contributed by atoms with Crippen molar-refractivity contribution < 1.29 is 35.9 Å². The second-order valence-electron chi connectivity index (χ2n) is 9.42. The molecule has 1 spiro atoms. The molecule has 0 aliphatic carbocycles. The molecule has 0 aromatic heterocycles. The first kappa shape index (κ1) is 25.5. The fraction of sp³-hybridized carbons (Fsp3) is 0.480. The first-order valence-corrected chi connectivity index (χ1v) is 11.3. The predicted molar refractivity (Wildman–Crippen MR) is 116 cm³/mol. The average molecular weight is 500 g/mol. The van der Waals surface area contributed by atoms with Crippen LogP contribution >= 0.6 is 0 Å². The van der Waals surface area contributed by atoms with Gasteiger partial charge in [-0.1, -0.05) is 30.3 Å². The first-order valence-electron chi connectivity index (χ1n) is 11.3. The van der Waals surface area contributed by atoms with E-state index >= 15 is 0 Å². The van der Waals surface area contributed by atoms with Crippen molar-refractivity contribution in [1.29, 1.82) is 0 Å². The Morgan fingerprint density at radius 2 is 1.57 bits per heavy atom. The largest absolute Gasteiger partial charge is 0.416 e. The molecule has 0 bridgehead atoms. The van der Waals surface area contributed by atoms with Crippen molar-refractivity contribution in [1.82, 2.24) is 10.6 Å². The van der Waals surface area contributed by atoms with Crippen LogP contribution in [0.4, 0.5) is 26.3 Å². The van der Waals surface area contributed by atoms with E-state index in [1.807, 2.05) is 30.3 Å². The number of ether oxygens (including phenoxy) is 1. The van der Waals surface area contributed by atoms with E-state index in [1.54, 1.807) is 0 Å².